The van der Waals surface area contributed by atoms with Crippen LogP contribution in [-0.2, 0) is 6.42 Å². The lowest BCUT2D eigenvalue weighted by atomic mass is 9.99. The van der Waals surface area contributed by atoms with Gasteiger partial charge in [0.05, 0.1) is 7.11 Å². The summed E-state index contributed by atoms with van der Waals surface area (Å²) in [5, 5.41) is 0.897. The number of ketones is 1. The fourth-order valence-electron chi connectivity index (χ4n) is 3.07. The minimum atomic E-state index is -0.0915. The summed E-state index contributed by atoms with van der Waals surface area (Å²) in [4.78, 5) is 21.9. The second-order valence-electron chi connectivity index (χ2n) is 6.37. The van der Waals surface area contributed by atoms with E-state index in [1.165, 1.54) is 11.3 Å². The van der Waals surface area contributed by atoms with Crippen LogP contribution in [0.4, 0.5) is 0 Å². The van der Waals surface area contributed by atoms with Crippen molar-refractivity contribution in [3.63, 3.8) is 0 Å². The third-order valence-electron chi connectivity index (χ3n) is 4.49. The molecule has 4 rings (SSSR count). The lowest BCUT2D eigenvalue weighted by Crippen LogP contribution is -2.04. The molecule has 2 heterocycles. The summed E-state index contributed by atoms with van der Waals surface area (Å²) in [5.74, 6) is 0.581. The number of Topliss-reactive ketones (excluding diaryl/α,β-unsaturated/α-hetero) is 1. The maximum atomic E-state index is 13.0. The molecule has 4 aromatic rings. The Kier molecular flexibility index (Phi) is 5.69. The number of nitrogens with zero attached hydrogens (tertiary/aromatic N) is 2. The monoisotopic (exact) mass is 420 g/mol. The zero-order valence-electron chi connectivity index (χ0n) is 15.6. The Hall–Kier alpha value is -3.02. The zero-order chi connectivity index (χ0) is 20.2. The van der Waals surface area contributed by atoms with E-state index in [1.807, 2.05) is 60.7 Å². The molecule has 2 aromatic heterocycles. The molecule has 0 saturated carbocycles. The quantitative estimate of drug-likeness (QED) is 0.361. The topological polar surface area (TPSA) is 52.1 Å². The van der Waals surface area contributed by atoms with Gasteiger partial charge in [-0.3, -0.25) is 9.78 Å². The molecule has 0 spiro atoms. The number of carbonyl (C=O) groups excluding carboxylic acids is 1. The van der Waals surface area contributed by atoms with Crippen molar-refractivity contribution in [1.29, 1.82) is 0 Å². The average molecular weight is 421 g/mol. The number of ether oxygens (including phenoxy) is 1. The molecule has 0 atom stereocenters. The Labute approximate surface area is 177 Å². The highest BCUT2D eigenvalue weighted by molar-refractivity contribution is 7.17. The summed E-state index contributed by atoms with van der Waals surface area (Å²) in [7, 11) is 1.60. The molecule has 0 aliphatic rings. The standard InChI is InChI=1S/C23H17ClN2O2S/c1-28-20-10-9-16(15-6-3-2-4-7-15)12-18(20)13-19(27)21-22(24)26-23(29-21)17-8-5-11-25-14-17/h2-12,14H,13H2,1H3. The van der Waals surface area contributed by atoms with E-state index in [9.17, 15) is 4.79 Å². The third-order valence-corrected chi connectivity index (χ3v) is 6.02. The van der Waals surface area contributed by atoms with Crippen LogP contribution in [0, 0.1) is 0 Å². The van der Waals surface area contributed by atoms with Crippen molar-refractivity contribution in [1.82, 2.24) is 9.97 Å². The van der Waals surface area contributed by atoms with Crippen molar-refractivity contribution >= 4 is 28.7 Å². The molecule has 2 aromatic carbocycles. The number of benzene rings is 2. The Morgan fingerprint density at radius 3 is 2.55 bits per heavy atom. The van der Waals surface area contributed by atoms with Gasteiger partial charge in [0.1, 0.15) is 15.6 Å². The molecule has 0 bridgehead atoms. The molecule has 0 amide bonds. The zero-order valence-corrected chi connectivity index (χ0v) is 17.2. The van der Waals surface area contributed by atoms with Gasteiger partial charge < -0.3 is 4.74 Å². The highest BCUT2D eigenvalue weighted by Crippen LogP contribution is 2.33. The van der Waals surface area contributed by atoms with Gasteiger partial charge in [-0.2, -0.15) is 0 Å². The molecular formula is C23H17ClN2O2S. The number of carbonyl (C=O) groups is 1. The summed E-state index contributed by atoms with van der Waals surface area (Å²) < 4.78 is 5.47. The minimum absolute atomic E-state index is 0.0915. The average Bonchev–Trinajstić information content (AvgIpc) is 3.17. The van der Waals surface area contributed by atoms with Crippen LogP contribution >= 0.6 is 22.9 Å². The molecule has 29 heavy (non-hydrogen) atoms. The van der Waals surface area contributed by atoms with Gasteiger partial charge in [-0.25, -0.2) is 4.98 Å². The first-order valence-electron chi connectivity index (χ1n) is 8.98. The van der Waals surface area contributed by atoms with E-state index in [0.717, 1.165) is 22.3 Å². The van der Waals surface area contributed by atoms with Gasteiger partial charge in [-0.05, 0) is 35.4 Å². The van der Waals surface area contributed by atoms with Crippen molar-refractivity contribution < 1.29 is 9.53 Å². The molecule has 0 aliphatic carbocycles. The van der Waals surface area contributed by atoms with Crippen LogP contribution in [0.3, 0.4) is 0 Å². The lowest BCUT2D eigenvalue weighted by molar-refractivity contribution is 0.0996. The molecule has 144 valence electrons. The number of hydrogen-bond acceptors (Lipinski definition) is 5. The first-order chi connectivity index (χ1) is 14.2. The SMILES string of the molecule is COc1ccc(-c2ccccc2)cc1CC(=O)c1sc(-c2cccnc2)nc1Cl. The van der Waals surface area contributed by atoms with Gasteiger partial charge in [0.25, 0.3) is 0 Å². The number of aromatic nitrogens is 2. The maximum Gasteiger partial charge on any atom is 0.180 e. The van der Waals surface area contributed by atoms with Crippen LogP contribution < -0.4 is 4.74 Å². The van der Waals surface area contributed by atoms with E-state index in [0.29, 0.717) is 15.6 Å². The van der Waals surface area contributed by atoms with Crippen molar-refractivity contribution in [3.05, 3.63) is 88.7 Å². The van der Waals surface area contributed by atoms with Crippen LogP contribution in [0.5, 0.6) is 5.75 Å². The molecule has 0 fully saturated rings. The van der Waals surface area contributed by atoms with Crippen LogP contribution in [0.1, 0.15) is 15.2 Å². The fraction of sp³-hybridized carbons (Fsp3) is 0.0870. The third kappa shape index (κ3) is 4.21. The molecule has 0 radical (unpaired) electrons. The van der Waals surface area contributed by atoms with Crippen molar-refractivity contribution in [2.45, 2.75) is 6.42 Å². The molecule has 0 aliphatic heterocycles. The largest absolute Gasteiger partial charge is 0.496 e. The van der Waals surface area contributed by atoms with E-state index in [4.69, 9.17) is 16.3 Å². The Balaban J connectivity index is 1.64. The Bertz CT molecular complexity index is 1140. The fourth-order valence-corrected chi connectivity index (χ4v) is 4.31. The number of thiazole rings is 1. The van der Waals surface area contributed by atoms with Gasteiger partial charge >= 0.3 is 0 Å². The summed E-state index contributed by atoms with van der Waals surface area (Å²) in [6.45, 7) is 0. The predicted octanol–water partition coefficient (Wildman–Crippen LogP) is 5.96. The molecule has 6 heteroatoms. The highest BCUT2D eigenvalue weighted by atomic mass is 35.5. The Morgan fingerprint density at radius 1 is 1.03 bits per heavy atom. The van der Waals surface area contributed by atoms with Gasteiger partial charge in [0, 0.05) is 29.9 Å². The van der Waals surface area contributed by atoms with Crippen LogP contribution in [0.15, 0.2) is 73.1 Å². The summed E-state index contributed by atoms with van der Waals surface area (Å²) in [5.41, 5.74) is 3.76. The molecular weight excluding hydrogens is 404 g/mol. The molecule has 0 unspecified atom stereocenters. The second-order valence-corrected chi connectivity index (χ2v) is 7.73. The summed E-state index contributed by atoms with van der Waals surface area (Å²) in [6, 6.07) is 19.6. The van der Waals surface area contributed by atoms with E-state index in [1.54, 1.807) is 19.5 Å². The van der Waals surface area contributed by atoms with Crippen LogP contribution in [-0.4, -0.2) is 22.9 Å². The van der Waals surface area contributed by atoms with Crippen molar-refractivity contribution in [2.75, 3.05) is 7.11 Å². The highest BCUT2D eigenvalue weighted by Gasteiger charge is 2.20. The predicted molar refractivity (Wildman–Crippen MR) is 117 cm³/mol. The van der Waals surface area contributed by atoms with E-state index >= 15 is 0 Å². The van der Waals surface area contributed by atoms with Gasteiger partial charge in [0.15, 0.2) is 10.9 Å². The first kappa shape index (κ1) is 19.3. The number of methoxy groups -OCH3 is 1. The number of pyridine rings is 1. The Morgan fingerprint density at radius 2 is 1.83 bits per heavy atom. The lowest BCUT2D eigenvalue weighted by Gasteiger charge is -2.10. The number of hydrogen-bond donors (Lipinski definition) is 0. The minimum Gasteiger partial charge on any atom is -0.496 e. The van der Waals surface area contributed by atoms with Gasteiger partial charge in [-0.15, -0.1) is 11.3 Å². The van der Waals surface area contributed by atoms with Gasteiger partial charge in [0.2, 0.25) is 0 Å². The molecule has 4 nitrogen and oxygen atoms in total. The normalized spacial score (nSPS) is 10.7. The smallest absolute Gasteiger partial charge is 0.180 e. The van der Waals surface area contributed by atoms with Crippen LogP contribution in [0.2, 0.25) is 5.15 Å². The van der Waals surface area contributed by atoms with E-state index in [-0.39, 0.29) is 17.4 Å². The van der Waals surface area contributed by atoms with E-state index < -0.39 is 0 Å². The number of rotatable bonds is 6. The maximum absolute atomic E-state index is 13.0. The molecule has 0 saturated heterocycles. The summed E-state index contributed by atoms with van der Waals surface area (Å²) >= 11 is 7.56. The van der Waals surface area contributed by atoms with Crippen molar-refractivity contribution in [2.24, 2.45) is 0 Å². The molecule has 0 N–H and O–H groups in total. The second kappa shape index (κ2) is 8.55. The number of halogens is 1. The summed E-state index contributed by atoms with van der Waals surface area (Å²) in [6.07, 6.45) is 3.57. The van der Waals surface area contributed by atoms with E-state index in [2.05, 4.69) is 9.97 Å². The van der Waals surface area contributed by atoms with Crippen molar-refractivity contribution in [3.8, 4) is 27.4 Å². The van der Waals surface area contributed by atoms with Crippen LogP contribution in [0.25, 0.3) is 21.7 Å². The first-order valence-corrected chi connectivity index (χ1v) is 10.2. The van der Waals surface area contributed by atoms with Gasteiger partial charge in [-0.1, -0.05) is 48.0 Å².